The van der Waals surface area contributed by atoms with Gasteiger partial charge >= 0.3 is 0 Å². The maximum absolute atomic E-state index is 13.8. The molecule has 11 nitrogen and oxygen atoms in total. The van der Waals surface area contributed by atoms with Gasteiger partial charge in [-0.25, -0.2) is 32.5 Å². The summed E-state index contributed by atoms with van der Waals surface area (Å²) in [6, 6.07) is 7.94. The van der Waals surface area contributed by atoms with Crippen molar-refractivity contribution >= 4 is 21.7 Å². The van der Waals surface area contributed by atoms with E-state index in [1.165, 1.54) is 16.4 Å². The normalized spacial score (nSPS) is 35.8. The first-order valence-corrected chi connectivity index (χ1v) is 16.4. The molecular formula is C30H42N4O7S. The third kappa shape index (κ3) is 5.09. The zero-order valence-corrected chi connectivity index (χ0v) is 25.8. The molecule has 230 valence electrons. The van der Waals surface area contributed by atoms with E-state index >= 15 is 0 Å². The van der Waals surface area contributed by atoms with Crippen LogP contribution in [0.4, 0.5) is 11.6 Å². The molecule has 1 aromatic carbocycles. The molecule has 5 heterocycles. The Kier molecular flexibility index (Phi) is 7.76. The average Bonchev–Trinajstić information content (AvgIpc) is 3.16. The molecule has 1 unspecified atom stereocenters. The van der Waals surface area contributed by atoms with Gasteiger partial charge in [0.15, 0.2) is 18.2 Å². The monoisotopic (exact) mass is 602 g/mol. The second-order valence-corrected chi connectivity index (χ2v) is 14.5. The first-order valence-electron chi connectivity index (χ1n) is 15.0. The molecule has 2 N–H and O–H groups in total. The van der Waals surface area contributed by atoms with E-state index in [9.17, 15) is 8.42 Å². The Morgan fingerprint density at radius 2 is 1.76 bits per heavy atom. The SMILES string of the molecule is Cc1cc(C)nc(N(CCCO[C@H]2O[C@@H]3O[C@@]4(C)CCC5[C@H](C)CC[C@@H]([C@H]2C)[C@]53OO4)S(=O)(=O)c2ccc(N)cc2)n1. The van der Waals surface area contributed by atoms with Gasteiger partial charge < -0.3 is 19.9 Å². The molecule has 5 fully saturated rings. The van der Waals surface area contributed by atoms with E-state index in [0.717, 1.165) is 25.7 Å². The summed E-state index contributed by atoms with van der Waals surface area (Å²) >= 11 is 0. The number of fused-ring (bicyclic) bond motifs is 2. The first kappa shape index (κ1) is 29.7. The maximum atomic E-state index is 13.8. The quantitative estimate of drug-likeness (QED) is 0.262. The summed E-state index contributed by atoms with van der Waals surface area (Å²) < 4.78 is 48.0. The van der Waals surface area contributed by atoms with Gasteiger partial charge in [-0.1, -0.05) is 13.8 Å². The molecule has 1 aromatic heterocycles. The number of ether oxygens (including phenoxy) is 3. The number of aryl methyl sites for hydroxylation is 2. The third-order valence-corrected chi connectivity index (χ3v) is 11.3. The van der Waals surface area contributed by atoms with Crippen LogP contribution in [-0.4, -0.2) is 55.5 Å². The lowest BCUT2D eigenvalue weighted by Gasteiger charge is -2.60. The summed E-state index contributed by atoms with van der Waals surface area (Å²) in [5, 5.41) is 0. The molecule has 0 radical (unpaired) electrons. The van der Waals surface area contributed by atoms with Crippen molar-refractivity contribution in [2.75, 3.05) is 23.2 Å². The highest BCUT2D eigenvalue weighted by Gasteiger charge is 2.69. The van der Waals surface area contributed by atoms with Gasteiger partial charge in [-0.15, -0.1) is 0 Å². The molecule has 2 bridgehead atoms. The second kappa shape index (κ2) is 11.0. The number of anilines is 2. The number of rotatable bonds is 8. The summed E-state index contributed by atoms with van der Waals surface area (Å²) in [7, 11) is -3.95. The fourth-order valence-corrected chi connectivity index (χ4v) is 8.78. The summed E-state index contributed by atoms with van der Waals surface area (Å²) in [4.78, 5) is 21.1. The summed E-state index contributed by atoms with van der Waals surface area (Å²) in [5.74, 6) is 0.208. The smallest absolute Gasteiger partial charge is 0.266 e. The second-order valence-electron chi connectivity index (χ2n) is 12.6. The Balaban J connectivity index is 1.18. The Morgan fingerprint density at radius 1 is 1.05 bits per heavy atom. The van der Waals surface area contributed by atoms with Gasteiger partial charge in [-0.2, -0.15) is 0 Å². The highest BCUT2D eigenvalue weighted by molar-refractivity contribution is 7.92. The van der Waals surface area contributed by atoms with Crippen molar-refractivity contribution in [3.63, 3.8) is 0 Å². The van der Waals surface area contributed by atoms with Crippen LogP contribution >= 0.6 is 0 Å². The van der Waals surface area contributed by atoms with Crippen molar-refractivity contribution in [3.8, 4) is 0 Å². The standard InChI is InChI=1S/C30H42N4O7S/c1-18-7-12-25-21(4)26(38-27-30(25)24(18)13-14-29(5,39-27)40-41-30)37-16-6-15-34(28-32-19(2)17-20(3)33-28)42(35,36)23-10-8-22(31)9-11-23/h8-11,17-18,21,24-27H,6-7,12-16,31H2,1-5H3/t18-,21-,24?,25+,26+,27-,29-,30-/m1/s1. The van der Waals surface area contributed by atoms with Crippen molar-refractivity contribution in [2.45, 2.75) is 95.6 Å². The molecule has 42 heavy (non-hydrogen) atoms. The van der Waals surface area contributed by atoms with E-state index in [4.69, 9.17) is 29.7 Å². The van der Waals surface area contributed by atoms with Crippen molar-refractivity contribution in [2.24, 2.45) is 23.7 Å². The van der Waals surface area contributed by atoms with Crippen LogP contribution in [0.2, 0.25) is 0 Å². The number of benzene rings is 1. The minimum atomic E-state index is -3.95. The molecule has 4 aliphatic heterocycles. The topological polar surface area (TPSA) is 135 Å². The lowest BCUT2D eigenvalue weighted by atomic mass is 9.58. The van der Waals surface area contributed by atoms with Crippen LogP contribution in [0.1, 0.15) is 64.3 Å². The van der Waals surface area contributed by atoms with Crippen LogP contribution in [0, 0.1) is 37.5 Å². The van der Waals surface area contributed by atoms with Gasteiger partial charge in [-0.05, 0) is 88.6 Å². The number of hydrogen-bond donors (Lipinski definition) is 1. The molecule has 12 heteroatoms. The number of hydrogen-bond acceptors (Lipinski definition) is 10. The van der Waals surface area contributed by atoms with Crippen molar-refractivity contribution in [1.29, 1.82) is 0 Å². The van der Waals surface area contributed by atoms with Gasteiger partial charge in [-0.3, -0.25) is 0 Å². The largest absolute Gasteiger partial charge is 0.399 e. The number of aromatic nitrogens is 2. The van der Waals surface area contributed by atoms with E-state index < -0.39 is 34.0 Å². The fourth-order valence-electron chi connectivity index (χ4n) is 7.38. The van der Waals surface area contributed by atoms with Gasteiger partial charge in [0.25, 0.3) is 10.0 Å². The Hall–Kier alpha value is -2.35. The lowest BCUT2D eigenvalue weighted by molar-refractivity contribution is -0.577. The van der Waals surface area contributed by atoms with Crippen LogP contribution < -0.4 is 10.0 Å². The van der Waals surface area contributed by atoms with Gasteiger partial charge in [0.05, 0.1) is 11.5 Å². The zero-order valence-electron chi connectivity index (χ0n) is 25.0. The van der Waals surface area contributed by atoms with Crippen LogP contribution in [0.5, 0.6) is 0 Å². The molecule has 1 spiro atoms. The summed E-state index contributed by atoms with van der Waals surface area (Å²) in [5.41, 5.74) is 7.00. The Bertz CT molecular complexity index is 1390. The van der Waals surface area contributed by atoms with Crippen LogP contribution in [0.15, 0.2) is 35.2 Å². The van der Waals surface area contributed by atoms with Crippen LogP contribution in [0.3, 0.4) is 0 Å². The average molecular weight is 603 g/mol. The molecule has 5 aliphatic rings. The minimum absolute atomic E-state index is 0.0308. The first-order chi connectivity index (χ1) is 19.9. The predicted molar refractivity (Wildman–Crippen MR) is 154 cm³/mol. The fraction of sp³-hybridized carbons (Fsp3) is 0.667. The molecule has 8 atom stereocenters. The summed E-state index contributed by atoms with van der Waals surface area (Å²) in [6.07, 6.45) is 3.07. The zero-order chi connectivity index (χ0) is 29.9. The van der Waals surface area contributed by atoms with Crippen molar-refractivity contribution < 1.29 is 32.4 Å². The van der Waals surface area contributed by atoms with Crippen molar-refractivity contribution in [3.05, 3.63) is 41.7 Å². The third-order valence-electron chi connectivity index (χ3n) is 9.55. The van der Waals surface area contributed by atoms with E-state index in [2.05, 4.69) is 23.8 Å². The maximum Gasteiger partial charge on any atom is 0.266 e. The van der Waals surface area contributed by atoms with E-state index in [1.807, 2.05) is 26.8 Å². The van der Waals surface area contributed by atoms with Crippen molar-refractivity contribution in [1.82, 2.24) is 9.97 Å². The van der Waals surface area contributed by atoms with Crippen LogP contribution in [-0.2, 0) is 34.0 Å². The number of sulfonamides is 1. The Morgan fingerprint density at radius 3 is 2.48 bits per heavy atom. The highest BCUT2D eigenvalue weighted by atomic mass is 32.2. The minimum Gasteiger partial charge on any atom is -0.399 e. The van der Waals surface area contributed by atoms with Gasteiger partial charge in [0, 0.05) is 41.9 Å². The molecule has 1 saturated carbocycles. The number of nitrogen functional groups attached to an aromatic ring is 1. The lowest BCUT2D eigenvalue weighted by Crippen LogP contribution is -2.70. The van der Waals surface area contributed by atoms with Crippen LogP contribution in [0.25, 0.3) is 0 Å². The molecule has 1 aliphatic carbocycles. The molecule has 7 rings (SSSR count). The van der Waals surface area contributed by atoms with Gasteiger partial charge in [0.2, 0.25) is 11.7 Å². The molecule has 4 saturated heterocycles. The van der Waals surface area contributed by atoms with E-state index in [1.54, 1.807) is 12.1 Å². The number of nitrogens with two attached hydrogens (primary N) is 1. The summed E-state index contributed by atoms with van der Waals surface area (Å²) in [6.45, 7) is 10.4. The predicted octanol–water partition coefficient (Wildman–Crippen LogP) is 4.49. The highest BCUT2D eigenvalue weighted by Crippen LogP contribution is 2.60. The molecular weight excluding hydrogens is 560 g/mol. The van der Waals surface area contributed by atoms with E-state index in [-0.39, 0.29) is 41.7 Å². The molecule has 0 amide bonds. The molecule has 2 aromatic rings. The van der Waals surface area contributed by atoms with E-state index in [0.29, 0.717) is 29.4 Å². The Labute approximate surface area is 248 Å². The number of nitrogens with zero attached hydrogens (tertiary/aromatic N) is 3. The van der Waals surface area contributed by atoms with Gasteiger partial charge in [0.1, 0.15) is 0 Å².